The van der Waals surface area contributed by atoms with E-state index in [-0.39, 0.29) is 12.5 Å². The molecule has 1 N–H and O–H groups in total. The molecular formula is C33H23ClN4O2. The molecule has 0 aliphatic rings. The zero-order chi connectivity index (χ0) is 27.3. The maximum atomic E-state index is 12.2. The standard InChI is InChI=1S/C33H23ClN4O2/c34-26-11-15-31-29(18-26)28(23-5-2-1-3-6-23)19-32(37-31)24-9-12-27(13-10-24)40-21-33(39)38-36-20-22-8-14-30-25(17-22)7-4-16-35-30/h1-20H,21H2,(H,38,39). The lowest BCUT2D eigenvalue weighted by Crippen LogP contribution is -2.24. The first kappa shape index (κ1) is 25.2. The minimum absolute atomic E-state index is 0.161. The highest BCUT2D eigenvalue weighted by Gasteiger charge is 2.11. The number of aromatic nitrogens is 2. The van der Waals surface area contributed by atoms with Crippen molar-refractivity contribution in [3.63, 3.8) is 0 Å². The van der Waals surface area contributed by atoms with E-state index < -0.39 is 0 Å². The smallest absolute Gasteiger partial charge is 0.277 e. The van der Waals surface area contributed by atoms with Crippen molar-refractivity contribution in [1.82, 2.24) is 15.4 Å². The lowest BCUT2D eigenvalue weighted by molar-refractivity contribution is -0.123. The molecule has 4 aromatic carbocycles. The highest BCUT2D eigenvalue weighted by atomic mass is 35.5. The first-order valence-corrected chi connectivity index (χ1v) is 13.1. The van der Waals surface area contributed by atoms with Gasteiger partial charge in [-0.1, -0.05) is 54.1 Å². The van der Waals surface area contributed by atoms with Crippen LogP contribution in [0, 0.1) is 0 Å². The molecule has 6 nitrogen and oxygen atoms in total. The van der Waals surface area contributed by atoms with Gasteiger partial charge >= 0.3 is 0 Å². The number of carbonyl (C=O) groups is 1. The number of hydrogen-bond donors (Lipinski definition) is 1. The zero-order valence-electron chi connectivity index (χ0n) is 21.3. The van der Waals surface area contributed by atoms with E-state index in [1.807, 2.05) is 91.0 Å². The predicted molar refractivity (Wildman–Crippen MR) is 161 cm³/mol. The molecule has 1 amide bonds. The maximum absolute atomic E-state index is 12.2. The van der Waals surface area contributed by atoms with E-state index in [9.17, 15) is 4.79 Å². The first-order chi connectivity index (χ1) is 19.6. The molecular weight excluding hydrogens is 520 g/mol. The lowest BCUT2D eigenvalue weighted by atomic mass is 9.98. The second-order valence-corrected chi connectivity index (χ2v) is 9.58. The van der Waals surface area contributed by atoms with Crippen LogP contribution in [0.2, 0.25) is 5.02 Å². The van der Waals surface area contributed by atoms with Crippen molar-refractivity contribution in [2.45, 2.75) is 0 Å². The number of halogens is 1. The van der Waals surface area contributed by atoms with Crippen LogP contribution in [0.1, 0.15) is 5.56 Å². The number of pyridine rings is 2. The van der Waals surface area contributed by atoms with Gasteiger partial charge in [0, 0.05) is 27.6 Å². The minimum atomic E-state index is -0.356. The SMILES string of the molecule is O=C(COc1ccc(-c2cc(-c3ccccc3)c3cc(Cl)ccc3n2)cc1)NN=Cc1ccc2ncccc2c1. The van der Waals surface area contributed by atoms with Crippen LogP contribution in [0.15, 0.2) is 120 Å². The number of nitrogens with one attached hydrogen (secondary N) is 1. The van der Waals surface area contributed by atoms with Crippen LogP contribution in [-0.4, -0.2) is 28.7 Å². The van der Waals surface area contributed by atoms with Crippen LogP contribution in [0.3, 0.4) is 0 Å². The molecule has 0 fully saturated rings. The summed E-state index contributed by atoms with van der Waals surface area (Å²) < 4.78 is 5.67. The van der Waals surface area contributed by atoms with Gasteiger partial charge < -0.3 is 4.74 Å². The van der Waals surface area contributed by atoms with Crippen LogP contribution >= 0.6 is 11.6 Å². The van der Waals surface area contributed by atoms with Gasteiger partial charge in [0.05, 0.1) is 22.9 Å². The van der Waals surface area contributed by atoms with Crippen LogP contribution in [0.4, 0.5) is 0 Å². The second-order valence-electron chi connectivity index (χ2n) is 9.14. The second kappa shape index (κ2) is 11.4. The van der Waals surface area contributed by atoms with Crippen molar-refractivity contribution < 1.29 is 9.53 Å². The summed E-state index contributed by atoms with van der Waals surface area (Å²) in [7, 11) is 0. The first-order valence-electron chi connectivity index (χ1n) is 12.7. The molecule has 40 heavy (non-hydrogen) atoms. The van der Waals surface area contributed by atoms with E-state index in [4.69, 9.17) is 21.3 Å². The Balaban J connectivity index is 1.12. The molecule has 0 saturated carbocycles. The van der Waals surface area contributed by atoms with Gasteiger partial charge in [-0.05, 0) is 83.4 Å². The molecule has 0 bridgehead atoms. The highest BCUT2D eigenvalue weighted by Crippen LogP contribution is 2.33. The topological polar surface area (TPSA) is 76.5 Å². The molecule has 194 valence electrons. The number of carbonyl (C=O) groups excluding carboxylic acids is 1. The van der Waals surface area contributed by atoms with Crippen molar-refractivity contribution in [2.75, 3.05) is 6.61 Å². The Morgan fingerprint density at radius 3 is 2.52 bits per heavy atom. The summed E-state index contributed by atoms with van der Waals surface area (Å²) in [5, 5.41) is 6.70. The van der Waals surface area contributed by atoms with Crippen molar-refractivity contribution in [2.24, 2.45) is 5.10 Å². The molecule has 0 aliphatic heterocycles. The van der Waals surface area contributed by atoms with Crippen LogP contribution in [-0.2, 0) is 4.79 Å². The normalized spacial score (nSPS) is 11.2. The van der Waals surface area contributed by atoms with Crippen molar-refractivity contribution >= 4 is 45.5 Å². The van der Waals surface area contributed by atoms with E-state index >= 15 is 0 Å². The van der Waals surface area contributed by atoms with Gasteiger partial charge in [-0.3, -0.25) is 9.78 Å². The fraction of sp³-hybridized carbons (Fsp3) is 0.0303. The fourth-order valence-electron chi connectivity index (χ4n) is 4.46. The minimum Gasteiger partial charge on any atom is -0.484 e. The third-order valence-corrected chi connectivity index (χ3v) is 6.64. The van der Waals surface area contributed by atoms with Crippen LogP contribution in [0.5, 0.6) is 5.75 Å². The quantitative estimate of drug-likeness (QED) is 0.170. The van der Waals surface area contributed by atoms with E-state index in [1.165, 1.54) is 0 Å². The van der Waals surface area contributed by atoms with Gasteiger partial charge in [0.25, 0.3) is 5.91 Å². The predicted octanol–water partition coefficient (Wildman–Crippen LogP) is 7.30. The number of ether oxygens (including phenoxy) is 1. The highest BCUT2D eigenvalue weighted by molar-refractivity contribution is 6.31. The Morgan fingerprint density at radius 1 is 0.850 bits per heavy atom. The van der Waals surface area contributed by atoms with Crippen LogP contribution in [0.25, 0.3) is 44.2 Å². The molecule has 0 spiro atoms. The maximum Gasteiger partial charge on any atom is 0.277 e. The number of nitrogens with zero attached hydrogens (tertiary/aromatic N) is 3. The molecule has 6 rings (SSSR count). The summed E-state index contributed by atoms with van der Waals surface area (Å²) in [6.07, 6.45) is 3.34. The molecule has 7 heteroatoms. The molecule has 0 radical (unpaired) electrons. The Morgan fingerprint density at radius 2 is 1.68 bits per heavy atom. The van der Waals surface area contributed by atoms with E-state index in [2.05, 4.69) is 33.7 Å². The number of hydrogen-bond acceptors (Lipinski definition) is 5. The molecule has 6 aromatic rings. The number of fused-ring (bicyclic) bond motifs is 2. The van der Waals surface area contributed by atoms with Crippen LogP contribution < -0.4 is 10.2 Å². The summed E-state index contributed by atoms with van der Waals surface area (Å²) in [4.78, 5) is 21.4. The van der Waals surface area contributed by atoms with Gasteiger partial charge in [0.1, 0.15) is 5.75 Å². The molecule has 0 aliphatic carbocycles. The molecule has 0 atom stereocenters. The Labute approximate surface area is 235 Å². The van der Waals surface area contributed by atoms with Gasteiger partial charge in [-0.25, -0.2) is 10.4 Å². The van der Waals surface area contributed by atoms with Crippen molar-refractivity contribution in [3.8, 4) is 28.1 Å². The third kappa shape index (κ3) is 5.67. The summed E-state index contributed by atoms with van der Waals surface area (Å²) >= 11 is 6.30. The number of benzene rings is 4. The van der Waals surface area contributed by atoms with Crippen molar-refractivity contribution in [3.05, 3.63) is 126 Å². The molecule has 0 unspecified atom stereocenters. The van der Waals surface area contributed by atoms with Crippen molar-refractivity contribution in [1.29, 1.82) is 0 Å². The van der Waals surface area contributed by atoms with Gasteiger partial charge in [-0.2, -0.15) is 5.10 Å². The summed E-state index contributed by atoms with van der Waals surface area (Å²) in [6, 6.07) is 35.1. The van der Waals surface area contributed by atoms with Gasteiger partial charge in [0.2, 0.25) is 0 Å². The molecule has 2 heterocycles. The average Bonchev–Trinajstić information content (AvgIpc) is 3.00. The van der Waals surface area contributed by atoms with Gasteiger partial charge in [0.15, 0.2) is 6.61 Å². The lowest BCUT2D eigenvalue weighted by Gasteiger charge is -2.11. The number of rotatable bonds is 7. The third-order valence-electron chi connectivity index (χ3n) is 6.41. The molecule has 2 aromatic heterocycles. The Kier molecular flexibility index (Phi) is 7.16. The Hall–Kier alpha value is -5.07. The summed E-state index contributed by atoms with van der Waals surface area (Å²) in [5.74, 6) is 0.214. The largest absolute Gasteiger partial charge is 0.484 e. The Bertz CT molecular complexity index is 1860. The summed E-state index contributed by atoms with van der Waals surface area (Å²) in [5.41, 5.74) is 9.03. The monoisotopic (exact) mass is 542 g/mol. The molecule has 0 saturated heterocycles. The number of amides is 1. The fourth-order valence-corrected chi connectivity index (χ4v) is 4.63. The van der Waals surface area contributed by atoms with E-state index in [1.54, 1.807) is 12.4 Å². The zero-order valence-corrected chi connectivity index (χ0v) is 22.0. The van der Waals surface area contributed by atoms with E-state index in [0.29, 0.717) is 10.8 Å². The number of hydrazone groups is 1. The van der Waals surface area contributed by atoms with E-state index in [0.717, 1.165) is 49.8 Å². The van der Waals surface area contributed by atoms with Gasteiger partial charge in [-0.15, -0.1) is 0 Å². The average molecular weight is 543 g/mol. The summed E-state index contributed by atoms with van der Waals surface area (Å²) in [6.45, 7) is -0.161.